The number of carbonyl (C=O) groups is 2. The molecule has 0 aliphatic carbocycles. The van der Waals surface area contributed by atoms with Crippen LogP contribution in [0.5, 0.6) is 5.75 Å². The number of likely N-dealkylation sites (N-methyl/N-ethyl adjacent to an activating group) is 1. The first-order valence-electron chi connectivity index (χ1n) is 8.77. The lowest BCUT2D eigenvalue weighted by atomic mass is 10.2. The molecular weight excluding hydrogens is 376 g/mol. The molecular formula is C20H18N4O3S. The SMILES string of the molecule is CNC(=O)C1CN(C(=O)CSc2ncnc3ccccc23)c2ccccc2O1. The van der Waals surface area contributed by atoms with E-state index in [1.165, 1.54) is 18.1 Å². The molecule has 28 heavy (non-hydrogen) atoms. The van der Waals surface area contributed by atoms with Crippen molar-refractivity contribution in [1.82, 2.24) is 15.3 Å². The van der Waals surface area contributed by atoms with E-state index in [4.69, 9.17) is 4.74 Å². The molecule has 0 bridgehead atoms. The van der Waals surface area contributed by atoms with E-state index in [1.807, 2.05) is 42.5 Å². The molecule has 1 N–H and O–H groups in total. The Morgan fingerprint density at radius 2 is 1.96 bits per heavy atom. The number of hydrogen-bond acceptors (Lipinski definition) is 6. The van der Waals surface area contributed by atoms with Crippen LogP contribution in [0, 0.1) is 0 Å². The van der Waals surface area contributed by atoms with E-state index in [2.05, 4.69) is 15.3 Å². The minimum atomic E-state index is -0.742. The molecule has 8 heteroatoms. The van der Waals surface area contributed by atoms with E-state index in [9.17, 15) is 9.59 Å². The Labute approximate surface area is 166 Å². The molecule has 2 heterocycles. The fourth-order valence-electron chi connectivity index (χ4n) is 3.07. The highest BCUT2D eigenvalue weighted by Crippen LogP contribution is 2.34. The Hall–Kier alpha value is -3.13. The van der Waals surface area contributed by atoms with E-state index in [0.29, 0.717) is 11.4 Å². The van der Waals surface area contributed by atoms with Gasteiger partial charge in [-0.1, -0.05) is 42.1 Å². The zero-order chi connectivity index (χ0) is 19.5. The number of carbonyl (C=O) groups excluding carboxylic acids is 2. The molecule has 0 fully saturated rings. The minimum Gasteiger partial charge on any atom is -0.477 e. The number of rotatable bonds is 4. The number of amides is 2. The number of para-hydroxylation sites is 3. The summed E-state index contributed by atoms with van der Waals surface area (Å²) < 4.78 is 5.75. The van der Waals surface area contributed by atoms with Crippen molar-refractivity contribution in [1.29, 1.82) is 0 Å². The molecule has 1 aliphatic rings. The summed E-state index contributed by atoms with van der Waals surface area (Å²) in [7, 11) is 1.55. The first-order valence-corrected chi connectivity index (χ1v) is 9.76. The Morgan fingerprint density at radius 1 is 1.18 bits per heavy atom. The molecule has 7 nitrogen and oxygen atoms in total. The van der Waals surface area contributed by atoms with Crippen molar-refractivity contribution in [3.63, 3.8) is 0 Å². The number of anilines is 1. The van der Waals surface area contributed by atoms with Crippen LogP contribution < -0.4 is 15.0 Å². The van der Waals surface area contributed by atoms with Crippen molar-refractivity contribution in [3.05, 3.63) is 54.9 Å². The van der Waals surface area contributed by atoms with Gasteiger partial charge in [-0.3, -0.25) is 9.59 Å². The van der Waals surface area contributed by atoms with Gasteiger partial charge >= 0.3 is 0 Å². The average Bonchev–Trinajstić information content (AvgIpc) is 2.76. The van der Waals surface area contributed by atoms with Crippen LogP contribution in [0.25, 0.3) is 10.9 Å². The molecule has 0 radical (unpaired) electrons. The van der Waals surface area contributed by atoms with Crippen molar-refractivity contribution in [3.8, 4) is 5.75 Å². The Kier molecular flexibility index (Phi) is 5.12. The highest BCUT2D eigenvalue weighted by molar-refractivity contribution is 8.00. The molecule has 1 unspecified atom stereocenters. The third-order valence-electron chi connectivity index (χ3n) is 4.45. The number of nitrogens with one attached hydrogen (secondary N) is 1. The van der Waals surface area contributed by atoms with Gasteiger partial charge in [0.05, 0.1) is 23.5 Å². The number of fused-ring (bicyclic) bond motifs is 2. The van der Waals surface area contributed by atoms with Crippen molar-refractivity contribution in [2.45, 2.75) is 11.1 Å². The van der Waals surface area contributed by atoms with Crippen LogP contribution in [0.15, 0.2) is 59.9 Å². The van der Waals surface area contributed by atoms with Crippen molar-refractivity contribution < 1.29 is 14.3 Å². The summed E-state index contributed by atoms with van der Waals surface area (Å²) in [5, 5.41) is 4.24. The van der Waals surface area contributed by atoms with Gasteiger partial charge in [-0.25, -0.2) is 9.97 Å². The second-order valence-electron chi connectivity index (χ2n) is 6.18. The second-order valence-corrected chi connectivity index (χ2v) is 7.14. The number of hydrogen-bond donors (Lipinski definition) is 1. The lowest BCUT2D eigenvalue weighted by molar-refractivity contribution is -0.127. The molecule has 4 rings (SSSR count). The second kappa shape index (κ2) is 7.85. The monoisotopic (exact) mass is 394 g/mol. The maximum atomic E-state index is 13.0. The number of nitrogens with zero attached hydrogens (tertiary/aromatic N) is 3. The number of benzene rings is 2. The van der Waals surface area contributed by atoms with Crippen LogP contribution in [0.3, 0.4) is 0 Å². The quantitative estimate of drug-likeness (QED) is 0.540. The minimum absolute atomic E-state index is 0.114. The molecule has 142 valence electrons. The molecule has 2 amide bonds. The Balaban J connectivity index is 1.56. The highest BCUT2D eigenvalue weighted by atomic mass is 32.2. The summed E-state index contributed by atoms with van der Waals surface area (Å²) in [5.41, 5.74) is 1.50. The fourth-order valence-corrected chi connectivity index (χ4v) is 3.94. The predicted octanol–water partition coefficient (Wildman–Crippen LogP) is 2.26. The van der Waals surface area contributed by atoms with Crippen molar-refractivity contribution in [2.24, 2.45) is 0 Å². The zero-order valence-corrected chi connectivity index (χ0v) is 16.0. The molecule has 0 saturated heterocycles. The average molecular weight is 394 g/mol. The van der Waals surface area contributed by atoms with Gasteiger partial charge < -0.3 is 15.0 Å². The summed E-state index contributed by atoms with van der Waals surface area (Å²) in [6, 6.07) is 14.9. The van der Waals surface area contributed by atoms with Gasteiger partial charge in [-0.15, -0.1) is 0 Å². The first kappa shape index (κ1) is 18.2. The van der Waals surface area contributed by atoms with Gasteiger partial charge in [-0.2, -0.15) is 0 Å². The standard InChI is InChI=1S/C20H18N4O3S/c1-21-19(26)17-10-24(15-8-4-5-9-16(15)27-17)18(25)11-28-20-13-6-2-3-7-14(13)22-12-23-20/h2-9,12,17H,10-11H2,1H3,(H,21,26). The zero-order valence-electron chi connectivity index (χ0n) is 15.2. The highest BCUT2D eigenvalue weighted by Gasteiger charge is 2.33. The Bertz CT molecular complexity index is 1040. The fraction of sp³-hybridized carbons (Fsp3) is 0.200. The van der Waals surface area contributed by atoms with E-state index < -0.39 is 6.10 Å². The van der Waals surface area contributed by atoms with Gasteiger partial charge in [0.25, 0.3) is 5.91 Å². The molecule has 0 spiro atoms. The van der Waals surface area contributed by atoms with E-state index in [0.717, 1.165) is 15.9 Å². The third-order valence-corrected chi connectivity index (χ3v) is 5.44. The van der Waals surface area contributed by atoms with E-state index >= 15 is 0 Å². The molecule has 1 aliphatic heterocycles. The summed E-state index contributed by atoms with van der Waals surface area (Å²) in [4.78, 5) is 35.2. The van der Waals surface area contributed by atoms with Crippen LogP contribution in [0.1, 0.15) is 0 Å². The van der Waals surface area contributed by atoms with Gasteiger partial charge in [0.15, 0.2) is 6.10 Å². The summed E-state index contributed by atoms with van der Waals surface area (Å²) in [6.45, 7) is 0.167. The predicted molar refractivity (Wildman–Crippen MR) is 108 cm³/mol. The lowest BCUT2D eigenvalue weighted by Crippen LogP contribution is -2.50. The maximum Gasteiger partial charge on any atom is 0.262 e. The maximum absolute atomic E-state index is 13.0. The number of thioether (sulfide) groups is 1. The smallest absolute Gasteiger partial charge is 0.262 e. The molecule has 3 aromatic rings. The van der Waals surface area contributed by atoms with Crippen LogP contribution in [-0.4, -0.2) is 47.2 Å². The van der Waals surface area contributed by atoms with Crippen LogP contribution >= 0.6 is 11.8 Å². The first-order chi connectivity index (χ1) is 13.7. The molecule has 1 atom stereocenters. The molecule has 1 aromatic heterocycles. The normalized spacial score (nSPS) is 15.6. The van der Waals surface area contributed by atoms with E-state index in [1.54, 1.807) is 18.0 Å². The molecule has 0 saturated carbocycles. The van der Waals surface area contributed by atoms with Gasteiger partial charge in [0.1, 0.15) is 17.1 Å². The topological polar surface area (TPSA) is 84.4 Å². The van der Waals surface area contributed by atoms with Gasteiger partial charge in [0, 0.05) is 12.4 Å². The lowest BCUT2D eigenvalue weighted by Gasteiger charge is -2.34. The summed E-state index contributed by atoms with van der Waals surface area (Å²) >= 11 is 1.36. The van der Waals surface area contributed by atoms with Gasteiger partial charge in [-0.05, 0) is 18.2 Å². The molecule has 2 aromatic carbocycles. The largest absolute Gasteiger partial charge is 0.477 e. The number of aromatic nitrogens is 2. The number of ether oxygens (including phenoxy) is 1. The van der Waals surface area contributed by atoms with Crippen molar-refractivity contribution in [2.75, 3.05) is 24.2 Å². The summed E-state index contributed by atoms with van der Waals surface area (Å²) in [5.74, 6) is 0.336. The summed E-state index contributed by atoms with van der Waals surface area (Å²) in [6.07, 6.45) is 0.759. The van der Waals surface area contributed by atoms with E-state index in [-0.39, 0.29) is 24.1 Å². The van der Waals surface area contributed by atoms with Gasteiger partial charge in [0.2, 0.25) is 5.91 Å². The van der Waals surface area contributed by atoms with Crippen LogP contribution in [-0.2, 0) is 9.59 Å². The third kappa shape index (κ3) is 3.50. The Morgan fingerprint density at radius 3 is 2.82 bits per heavy atom. The van der Waals surface area contributed by atoms with Crippen molar-refractivity contribution >= 4 is 40.2 Å². The van der Waals surface area contributed by atoms with Crippen LogP contribution in [0.2, 0.25) is 0 Å². The van der Waals surface area contributed by atoms with Crippen LogP contribution in [0.4, 0.5) is 5.69 Å².